The van der Waals surface area contributed by atoms with E-state index in [1.807, 2.05) is 0 Å². The maximum absolute atomic E-state index is 6.08. The highest BCUT2D eigenvalue weighted by molar-refractivity contribution is 5.90. The minimum absolute atomic E-state index is 0.0521. The smallest absolute Gasteiger partial charge is 0.0598 e. The summed E-state index contributed by atoms with van der Waals surface area (Å²) in [6, 6.07) is 6.73. The largest absolute Gasteiger partial charge is 0.379 e. The number of aromatic nitrogens is 1. The van der Waals surface area contributed by atoms with E-state index in [9.17, 15) is 0 Å². The average Bonchev–Trinajstić information content (AvgIpc) is 2.67. The zero-order valence-electron chi connectivity index (χ0n) is 11.4. The van der Waals surface area contributed by atoms with Crippen molar-refractivity contribution < 1.29 is 4.74 Å². The van der Waals surface area contributed by atoms with Crippen LogP contribution >= 0.6 is 0 Å². The second kappa shape index (κ2) is 3.84. The van der Waals surface area contributed by atoms with Crippen molar-refractivity contribution in [1.29, 1.82) is 0 Å². The Labute approximate surface area is 113 Å². The van der Waals surface area contributed by atoms with E-state index in [1.54, 1.807) is 0 Å². The van der Waals surface area contributed by atoms with Crippen molar-refractivity contribution in [2.75, 3.05) is 19.8 Å². The van der Waals surface area contributed by atoms with Gasteiger partial charge in [0.1, 0.15) is 0 Å². The molecule has 4 rings (SSSR count). The Bertz CT molecular complexity index is 647. The van der Waals surface area contributed by atoms with Crippen LogP contribution in [0, 0.1) is 6.92 Å². The average molecular weight is 256 g/mol. The molecular formula is C16H20N2O. The number of aryl methyl sites for hydroxylation is 2. The molecule has 19 heavy (non-hydrogen) atoms. The Kier molecular flexibility index (Phi) is 2.32. The van der Waals surface area contributed by atoms with Crippen LogP contribution in [-0.4, -0.2) is 24.3 Å². The van der Waals surface area contributed by atoms with Gasteiger partial charge < -0.3 is 15.0 Å². The summed E-state index contributed by atoms with van der Waals surface area (Å²) in [5.41, 5.74) is 11.9. The second-order valence-electron chi connectivity index (χ2n) is 6.01. The fourth-order valence-electron chi connectivity index (χ4n) is 3.90. The molecule has 2 aromatic rings. The third-order valence-electron chi connectivity index (χ3n) is 4.93. The van der Waals surface area contributed by atoms with Gasteiger partial charge in [0.25, 0.3) is 0 Å². The lowest BCUT2D eigenvalue weighted by Gasteiger charge is -2.41. The van der Waals surface area contributed by atoms with Crippen LogP contribution in [0.1, 0.15) is 23.2 Å². The Hall–Kier alpha value is -1.32. The SMILES string of the molecule is Cc1c(C2(CN)COC2)c2cccc3c2n1CCC3. The van der Waals surface area contributed by atoms with Gasteiger partial charge in [-0.25, -0.2) is 0 Å². The molecule has 2 N–H and O–H groups in total. The number of rotatable bonds is 2. The van der Waals surface area contributed by atoms with Gasteiger partial charge in [-0.3, -0.25) is 0 Å². The van der Waals surface area contributed by atoms with Crippen molar-refractivity contribution in [3.05, 3.63) is 35.0 Å². The Morgan fingerprint density at radius 1 is 1.37 bits per heavy atom. The topological polar surface area (TPSA) is 40.2 Å². The molecule has 3 nitrogen and oxygen atoms in total. The number of benzene rings is 1. The van der Waals surface area contributed by atoms with Crippen LogP contribution in [0.4, 0.5) is 0 Å². The summed E-state index contributed by atoms with van der Waals surface area (Å²) in [6.07, 6.45) is 2.44. The molecule has 0 spiro atoms. The van der Waals surface area contributed by atoms with Gasteiger partial charge in [0, 0.05) is 24.2 Å². The highest BCUT2D eigenvalue weighted by Gasteiger charge is 2.43. The van der Waals surface area contributed by atoms with E-state index in [0.717, 1.165) is 19.8 Å². The maximum atomic E-state index is 6.08. The van der Waals surface area contributed by atoms with Gasteiger partial charge in [-0.1, -0.05) is 18.2 Å². The molecule has 0 bridgehead atoms. The molecule has 2 aliphatic rings. The number of nitrogens with two attached hydrogens (primary N) is 1. The summed E-state index contributed by atoms with van der Waals surface area (Å²) < 4.78 is 7.99. The molecule has 1 aromatic heterocycles. The minimum atomic E-state index is 0.0521. The first kappa shape index (κ1) is 11.5. The summed E-state index contributed by atoms with van der Waals surface area (Å²) in [5.74, 6) is 0. The van der Waals surface area contributed by atoms with E-state index in [4.69, 9.17) is 10.5 Å². The number of hydrogen-bond acceptors (Lipinski definition) is 2. The van der Waals surface area contributed by atoms with Crippen LogP contribution in [0.15, 0.2) is 18.2 Å². The van der Waals surface area contributed by atoms with Crippen LogP contribution in [0.2, 0.25) is 0 Å². The summed E-state index contributed by atoms with van der Waals surface area (Å²) in [5, 5.41) is 1.41. The molecule has 3 heterocycles. The molecule has 0 radical (unpaired) electrons. The van der Waals surface area contributed by atoms with E-state index >= 15 is 0 Å². The summed E-state index contributed by atoms with van der Waals surface area (Å²) in [7, 11) is 0. The molecule has 0 aliphatic carbocycles. The first-order valence-corrected chi connectivity index (χ1v) is 7.16. The molecular weight excluding hydrogens is 236 g/mol. The van der Waals surface area contributed by atoms with Crippen LogP contribution in [0.5, 0.6) is 0 Å². The lowest BCUT2D eigenvalue weighted by Crippen LogP contribution is -2.52. The van der Waals surface area contributed by atoms with E-state index < -0.39 is 0 Å². The summed E-state index contributed by atoms with van der Waals surface area (Å²) >= 11 is 0. The first-order chi connectivity index (χ1) is 9.27. The monoisotopic (exact) mass is 256 g/mol. The molecule has 1 aromatic carbocycles. The van der Waals surface area contributed by atoms with Gasteiger partial charge in [-0.15, -0.1) is 0 Å². The molecule has 100 valence electrons. The van der Waals surface area contributed by atoms with Gasteiger partial charge in [0.15, 0.2) is 0 Å². The third-order valence-corrected chi connectivity index (χ3v) is 4.93. The lowest BCUT2D eigenvalue weighted by molar-refractivity contribution is -0.0546. The van der Waals surface area contributed by atoms with E-state index in [2.05, 4.69) is 29.7 Å². The molecule has 1 fully saturated rings. The normalized spacial score (nSPS) is 20.5. The maximum Gasteiger partial charge on any atom is 0.0598 e. The van der Waals surface area contributed by atoms with Gasteiger partial charge >= 0.3 is 0 Å². The third kappa shape index (κ3) is 1.35. The number of ether oxygens (including phenoxy) is 1. The first-order valence-electron chi connectivity index (χ1n) is 7.16. The molecule has 0 unspecified atom stereocenters. The highest BCUT2D eigenvalue weighted by Crippen LogP contribution is 2.42. The van der Waals surface area contributed by atoms with Crippen molar-refractivity contribution >= 4 is 10.9 Å². The quantitative estimate of drug-likeness (QED) is 0.894. The van der Waals surface area contributed by atoms with Gasteiger partial charge in [0.2, 0.25) is 0 Å². The molecule has 2 aliphatic heterocycles. The zero-order chi connectivity index (χ0) is 13.0. The van der Waals surface area contributed by atoms with E-state index in [1.165, 1.54) is 40.6 Å². The Morgan fingerprint density at radius 3 is 2.89 bits per heavy atom. The van der Waals surface area contributed by atoms with Crippen LogP contribution < -0.4 is 5.73 Å². The number of hydrogen-bond donors (Lipinski definition) is 1. The molecule has 1 saturated heterocycles. The molecule has 0 saturated carbocycles. The van der Waals surface area contributed by atoms with Gasteiger partial charge in [0.05, 0.1) is 24.1 Å². The summed E-state index contributed by atoms with van der Waals surface area (Å²) in [4.78, 5) is 0. The second-order valence-corrected chi connectivity index (χ2v) is 6.01. The summed E-state index contributed by atoms with van der Waals surface area (Å²) in [6.45, 7) is 5.61. The highest BCUT2D eigenvalue weighted by atomic mass is 16.5. The number of para-hydroxylation sites is 1. The van der Waals surface area contributed by atoms with E-state index in [0.29, 0.717) is 6.54 Å². The fraction of sp³-hybridized carbons (Fsp3) is 0.500. The molecule has 3 heteroatoms. The lowest BCUT2D eigenvalue weighted by atomic mass is 9.77. The van der Waals surface area contributed by atoms with E-state index in [-0.39, 0.29) is 5.41 Å². The minimum Gasteiger partial charge on any atom is -0.379 e. The van der Waals surface area contributed by atoms with Crippen molar-refractivity contribution in [3.8, 4) is 0 Å². The standard InChI is InChI=1S/C16H20N2O/c1-11-14(16(8-17)9-19-10-16)13-6-2-4-12-5-3-7-18(11)15(12)13/h2,4,6H,3,5,7-10,17H2,1H3. The van der Waals surface area contributed by atoms with Crippen molar-refractivity contribution in [3.63, 3.8) is 0 Å². The van der Waals surface area contributed by atoms with Crippen LogP contribution in [0.3, 0.4) is 0 Å². The molecule has 0 atom stereocenters. The predicted molar refractivity (Wildman–Crippen MR) is 76.5 cm³/mol. The predicted octanol–water partition coefficient (Wildman–Crippen LogP) is 2.12. The Balaban J connectivity index is 2.07. The fourth-order valence-corrected chi connectivity index (χ4v) is 3.90. The van der Waals surface area contributed by atoms with Crippen LogP contribution in [0.25, 0.3) is 10.9 Å². The van der Waals surface area contributed by atoms with Crippen molar-refractivity contribution in [2.45, 2.75) is 31.7 Å². The Morgan fingerprint density at radius 2 is 2.21 bits per heavy atom. The van der Waals surface area contributed by atoms with Gasteiger partial charge in [-0.2, -0.15) is 0 Å². The van der Waals surface area contributed by atoms with Crippen molar-refractivity contribution in [2.24, 2.45) is 5.73 Å². The number of nitrogens with zero attached hydrogens (tertiary/aromatic N) is 1. The van der Waals surface area contributed by atoms with Crippen molar-refractivity contribution in [1.82, 2.24) is 4.57 Å². The zero-order valence-corrected chi connectivity index (χ0v) is 11.4. The molecule has 0 amide bonds. The van der Waals surface area contributed by atoms with Gasteiger partial charge in [-0.05, 0) is 30.9 Å². The van der Waals surface area contributed by atoms with Crippen LogP contribution in [-0.2, 0) is 23.1 Å².